The summed E-state index contributed by atoms with van der Waals surface area (Å²) in [6.45, 7) is 3.71. The summed E-state index contributed by atoms with van der Waals surface area (Å²) in [6.07, 6.45) is 1.51. The Kier molecular flexibility index (Phi) is 3.26. The minimum absolute atomic E-state index is 0.231. The number of sulfonamides is 1. The molecule has 0 saturated carbocycles. The maximum absolute atomic E-state index is 11.9. The van der Waals surface area contributed by atoms with E-state index in [0.29, 0.717) is 0 Å². The first kappa shape index (κ1) is 11.8. The van der Waals surface area contributed by atoms with Gasteiger partial charge >= 0.3 is 0 Å². The van der Waals surface area contributed by atoms with Gasteiger partial charge in [0.2, 0.25) is 10.0 Å². The van der Waals surface area contributed by atoms with E-state index in [4.69, 9.17) is 0 Å². The Hall–Kier alpha value is -1.65. The van der Waals surface area contributed by atoms with Gasteiger partial charge in [-0.2, -0.15) is 0 Å². The van der Waals surface area contributed by atoms with Crippen molar-refractivity contribution >= 4 is 20.8 Å². The lowest BCUT2D eigenvalue weighted by molar-refractivity contribution is 0.586. The van der Waals surface area contributed by atoms with Crippen LogP contribution in [0.4, 0.5) is 0 Å². The molecule has 0 unspecified atom stereocenters. The second kappa shape index (κ2) is 4.69. The van der Waals surface area contributed by atoms with E-state index in [1.807, 2.05) is 24.3 Å². The van der Waals surface area contributed by atoms with Gasteiger partial charge in [0.25, 0.3) is 0 Å². The minimum atomic E-state index is -3.44. The van der Waals surface area contributed by atoms with E-state index in [1.54, 1.807) is 18.2 Å². The van der Waals surface area contributed by atoms with Gasteiger partial charge in [-0.15, -0.1) is 6.58 Å². The zero-order chi connectivity index (χ0) is 12.3. The molecular weight excluding hydrogens is 234 g/mol. The molecule has 88 valence electrons. The minimum Gasteiger partial charge on any atom is -0.207 e. The Morgan fingerprint density at radius 1 is 1.12 bits per heavy atom. The highest BCUT2D eigenvalue weighted by Gasteiger charge is 2.12. The number of nitrogens with one attached hydrogen (secondary N) is 1. The molecule has 0 spiro atoms. The second-order valence-electron chi connectivity index (χ2n) is 3.65. The van der Waals surface area contributed by atoms with Crippen LogP contribution in [0.2, 0.25) is 0 Å². The molecule has 0 aliphatic heterocycles. The number of benzene rings is 2. The van der Waals surface area contributed by atoms with Crippen molar-refractivity contribution < 1.29 is 8.42 Å². The van der Waals surface area contributed by atoms with Crippen LogP contribution in [-0.2, 0) is 10.0 Å². The summed E-state index contributed by atoms with van der Waals surface area (Å²) in [5.74, 6) is 0. The van der Waals surface area contributed by atoms with Crippen LogP contribution in [-0.4, -0.2) is 15.0 Å². The highest BCUT2D eigenvalue weighted by Crippen LogP contribution is 2.18. The Bertz CT molecular complexity index is 647. The monoisotopic (exact) mass is 247 g/mol. The van der Waals surface area contributed by atoms with E-state index in [1.165, 1.54) is 6.08 Å². The third-order valence-electron chi connectivity index (χ3n) is 2.45. The quantitative estimate of drug-likeness (QED) is 0.843. The van der Waals surface area contributed by atoms with Crippen molar-refractivity contribution in [3.63, 3.8) is 0 Å². The summed E-state index contributed by atoms with van der Waals surface area (Å²) in [5, 5.41) is 1.93. The van der Waals surface area contributed by atoms with E-state index < -0.39 is 10.0 Å². The fraction of sp³-hybridized carbons (Fsp3) is 0.0769. The summed E-state index contributed by atoms with van der Waals surface area (Å²) >= 11 is 0. The van der Waals surface area contributed by atoms with Crippen LogP contribution < -0.4 is 4.72 Å². The molecule has 0 radical (unpaired) electrons. The molecule has 1 N–H and O–H groups in total. The Morgan fingerprint density at radius 3 is 2.53 bits per heavy atom. The van der Waals surface area contributed by atoms with Gasteiger partial charge in [-0.25, -0.2) is 13.1 Å². The first-order valence-corrected chi connectivity index (χ1v) is 6.71. The molecule has 2 aromatic carbocycles. The van der Waals surface area contributed by atoms with Crippen molar-refractivity contribution in [3.05, 3.63) is 55.1 Å². The van der Waals surface area contributed by atoms with Crippen molar-refractivity contribution in [2.45, 2.75) is 4.90 Å². The van der Waals surface area contributed by atoms with Crippen molar-refractivity contribution in [3.8, 4) is 0 Å². The average molecular weight is 247 g/mol. The third kappa shape index (κ3) is 2.54. The molecule has 0 heterocycles. The number of fused-ring (bicyclic) bond motifs is 1. The summed E-state index contributed by atoms with van der Waals surface area (Å²) in [7, 11) is -3.44. The zero-order valence-electron chi connectivity index (χ0n) is 9.26. The van der Waals surface area contributed by atoms with E-state index >= 15 is 0 Å². The molecule has 2 aromatic rings. The Balaban J connectivity index is 2.46. The molecule has 0 atom stereocenters. The van der Waals surface area contributed by atoms with E-state index in [2.05, 4.69) is 11.3 Å². The van der Waals surface area contributed by atoms with Gasteiger partial charge in [0, 0.05) is 6.54 Å². The highest BCUT2D eigenvalue weighted by molar-refractivity contribution is 7.89. The summed E-state index contributed by atoms with van der Waals surface area (Å²) in [6, 6.07) is 12.7. The first-order valence-electron chi connectivity index (χ1n) is 5.23. The Morgan fingerprint density at radius 2 is 1.82 bits per heavy atom. The first-order chi connectivity index (χ1) is 8.13. The Labute approximate surface area is 101 Å². The van der Waals surface area contributed by atoms with Crippen LogP contribution in [0.15, 0.2) is 60.0 Å². The fourth-order valence-electron chi connectivity index (χ4n) is 1.59. The molecule has 17 heavy (non-hydrogen) atoms. The summed E-state index contributed by atoms with van der Waals surface area (Å²) in [4.78, 5) is 0.276. The molecule has 0 amide bonds. The lowest BCUT2D eigenvalue weighted by Crippen LogP contribution is -2.23. The SMILES string of the molecule is C=CCNS(=O)(=O)c1ccc2ccccc2c1. The van der Waals surface area contributed by atoms with Gasteiger partial charge in [0.1, 0.15) is 0 Å². The number of rotatable bonds is 4. The predicted octanol–water partition coefficient (Wildman–Crippen LogP) is 2.30. The number of hydrogen-bond acceptors (Lipinski definition) is 2. The van der Waals surface area contributed by atoms with Gasteiger partial charge < -0.3 is 0 Å². The normalized spacial score (nSPS) is 11.5. The molecule has 0 aromatic heterocycles. The topological polar surface area (TPSA) is 46.2 Å². The van der Waals surface area contributed by atoms with Gasteiger partial charge in [-0.1, -0.05) is 36.4 Å². The zero-order valence-corrected chi connectivity index (χ0v) is 10.1. The van der Waals surface area contributed by atoms with Crippen LogP contribution in [0.5, 0.6) is 0 Å². The molecule has 0 bridgehead atoms. The van der Waals surface area contributed by atoms with Crippen LogP contribution >= 0.6 is 0 Å². The molecule has 0 aliphatic rings. The van der Waals surface area contributed by atoms with Crippen LogP contribution in [0.3, 0.4) is 0 Å². The smallest absolute Gasteiger partial charge is 0.207 e. The van der Waals surface area contributed by atoms with Crippen LogP contribution in [0.1, 0.15) is 0 Å². The van der Waals surface area contributed by atoms with E-state index in [0.717, 1.165) is 10.8 Å². The average Bonchev–Trinajstić information content (AvgIpc) is 2.36. The fourth-order valence-corrected chi connectivity index (χ4v) is 2.62. The molecule has 0 fully saturated rings. The molecule has 0 aliphatic carbocycles. The van der Waals surface area contributed by atoms with Crippen molar-refractivity contribution in [2.24, 2.45) is 0 Å². The standard InChI is InChI=1S/C13H13NO2S/c1-2-9-14-17(15,16)13-8-7-11-5-3-4-6-12(11)10-13/h2-8,10,14H,1,9H2. The van der Waals surface area contributed by atoms with Gasteiger partial charge in [-0.05, 0) is 22.9 Å². The highest BCUT2D eigenvalue weighted by atomic mass is 32.2. The molecular formula is C13H13NO2S. The molecule has 0 saturated heterocycles. The lowest BCUT2D eigenvalue weighted by atomic mass is 10.1. The molecule has 4 heteroatoms. The van der Waals surface area contributed by atoms with Gasteiger partial charge in [-0.3, -0.25) is 0 Å². The predicted molar refractivity (Wildman–Crippen MR) is 69.3 cm³/mol. The van der Waals surface area contributed by atoms with Crippen LogP contribution in [0.25, 0.3) is 10.8 Å². The maximum atomic E-state index is 11.9. The second-order valence-corrected chi connectivity index (χ2v) is 5.42. The molecule has 3 nitrogen and oxygen atoms in total. The lowest BCUT2D eigenvalue weighted by Gasteiger charge is -2.05. The van der Waals surface area contributed by atoms with Crippen molar-refractivity contribution in [1.29, 1.82) is 0 Å². The molecule has 2 rings (SSSR count). The summed E-state index contributed by atoms with van der Waals surface area (Å²) < 4.78 is 26.2. The third-order valence-corrected chi connectivity index (χ3v) is 3.87. The van der Waals surface area contributed by atoms with E-state index in [9.17, 15) is 8.42 Å². The van der Waals surface area contributed by atoms with E-state index in [-0.39, 0.29) is 11.4 Å². The van der Waals surface area contributed by atoms with Gasteiger partial charge in [0.15, 0.2) is 0 Å². The van der Waals surface area contributed by atoms with Crippen LogP contribution in [0, 0.1) is 0 Å². The largest absolute Gasteiger partial charge is 0.240 e. The van der Waals surface area contributed by atoms with Gasteiger partial charge in [0.05, 0.1) is 4.90 Å². The number of hydrogen-bond donors (Lipinski definition) is 1. The van der Waals surface area contributed by atoms with Crippen molar-refractivity contribution in [1.82, 2.24) is 4.72 Å². The summed E-state index contributed by atoms with van der Waals surface area (Å²) in [5.41, 5.74) is 0. The van der Waals surface area contributed by atoms with Crippen molar-refractivity contribution in [2.75, 3.05) is 6.54 Å². The maximum Gasteiger partial charge on any atom is 0.240 e.